The molecule has 2 aliphatic rings. The predicted octanol–water partition coefficient (Wildman–Crippen LogP) is 7.63. The number of carbonyl (C=O) groups is 1. The summed E-state index contributed by atoms with van der Waals surface area (Å²) < 4.78 is 29.7. The Morgan fingerprint density at radius 3 is 2.41 bits per heavy atom. The standard InChI is InChI=1S/C32H28Cl2F2N6O.CH4/c1-41(2)21-10-12-42(13-11-21)31(43)23-9-7-20(15-25(23)34)39-32-38-17-18-16-37-30(28-26(35)4-3-5-27(28)36)24-14-19(33)6-8-22(24)29(18)40-32;/h3-9,14-15,17,21H,10-13,16H2,1-2H3,(H,38,39,40);1H4. The Hall–Kier alpha value is -3.92. The Kier molecular flexibility index (Phi) is 9.29. The maximum atomic E-state index is 14.8. The molecule has 0 radical (unpaired) electrons. The molecule has 4 aromatic rings. The number of likely N-dealkylation sites (tertiary alicyclic amines) is 1. The molecule has 1 aromatic heterocycles. The Morgan fingerprint density at radius 1 is 1.00 bits per heavy atom. The van der Waals surface area contributed by atoms with E-state index in [2.05, 4.69) is 34.3 Å². The zero-order chi connectivity index (χ0) is 30.2. The lowest BCUT2D eigenvalue weighted by Crippen LogP contribution is -2.44. The number of anilines is 2. The summed E-state index contributed by atoms with van der Waals surface area (Å²) in [4.78, 5) is 31.0. The van der Waals surface area contributed by atoms with Crippen molar-refractivity contribution in [3.05, 3.63) is 105 Å². The second kappa shape index (κ2) is 13.0. The van der Waals surface area contributed by atoms with E-state index < -0.39 is 11.6 Å². The molecule has 44 heavy (non-hydrogen) atoms. The van der Waals surface area contributed by atoms with Gasteiger partial charge in [0.05, 0.1) is 34.1 Å². The molecule has 6 rings (SSSR count). The number of hydrogen-bond acceptors (Lipinski definition) is 6. The van der Waals surface area contributed by atoms with E-state index >= 15 is 0 Å². The molecular formula is C33H32Cl2F2N6O. The third kappa shape index (κ3) is 6.18. The van der Waals surface area contributed by atoms with Crippen molar-refractivity contribution in [2.75, 3.05) is 32.5 Å². The molecule has 7 nitrogen and oxygen atoms in total. The molecule has 3 aromatic carbocycles. The summed E-state index contributed by atoms with van der Waals surface area (Å²) >= 11 is 12.9. The van der Waals surface area contributed by atoms with Gasteiger partial charge in [-0.2, -0.15) is 0 Å². The van der Waals surface area contributed by atoms with Crippen LogP contribution in [0.2, 0.25) is 10.0 Å². The van der Waals surface area contributed by atoms with Gasteiger partial charge in [0.15, 0.2) is 0 Å². The molecule has 1 fully saturated rings. The minimum absolute atomic E-state index is 0. The van der Waals surface area contributed by atoms with E-state index in [0.29, 0.717) is 62.8 Å². The van der Waals surface area contributed by atoms with Gasteiger partial charge in [-0.1, -0.05) is 42.8 Å². The average Bonchev–Trinajstić information content (AvgIpc) is 3.13. The highest BCUT2D eigenvalue weighted by Crippen LogP contribution is 2.35. The van der Waals surface area contributed by atoms with Crippen molar-refractivity contribution in [3.8, 4) is 11.3 Å². The normalized spacial score (nSPS) is 14.7. The predicted molar refractivity (Wildman–Crippen MR) is 172 cm³/mol. The van der Waals surface area contributed by atoms with Crippen molar-refractivity contribution in [3.63, 3.8) is 0 Å². The number of hydrogen-bond donors (Lipinski definition) is 1. The van der Waals surface area contributed by atoms with E-state index in [-0.39, 0.29) is 37.1 Å². The van der Waals surface area contributed by atoms with Crippen molar-refractivity contribution in [1.82, 2.24) is 19.8 Å². The van der Waals surface area contributed by atoms with E-state index in [1.54, 1.807) is 42.6 Å². The van der Waals surface area contributed by atoms with Gasteiger partial charge < -0.3 is 15.1 Å². The van der Waals surface area contributed by atoms with Crippen LogP contribution in [0.3, 0.4) is 0 Å². The van der Waals surface area contributed by atoms with Crippen molar-refractivity contribution in [1.29, 1.82) is 0 Å². The smallest absolute Gasteiger partial charge is 0.255 e. The average molecular weight is 638 g/mol. The number of fused-ring (bicyclic) bond motifs is 3. The van der Waals surface area contributed by atoms with Crippen molar-refractivity contribution in [2.45, 2.75) is 32.9 Å². The first-order valence-corrected chi connectivity index (χ1v) is 14.6. The van der Waals surface area contributed by atoms with Gasteiger partial charge >= 0.3 is 0 Å². The van der Waals surface area contributed by atoms with Gasteiger partial charge in [0.2, 0.25) is 5.95 Å². The highest BCUT2D eigenvalue weighted by molar-refractivity contribution is 6.34. The Balaban J connectivity index is 0.00000384. The number of benzene rings is 3. The molecule has 0 atom stereocenters. The minimum Gasteiger partial charge on any atom is -0.338 e. The molecule has 1 amide bonds. The number of rotatable bonds is 5. The Bertz CT molecular complexity index is 1730. The number of carbonyl (C=O) groups excluding carboxylic acids is 1. The summed E-state index contributed by atoms with van der Waals surface area (Å²) in [6, 6.07) is 14.4. The minimum atomic E-state index is -0.721. The summed E-state index contributed by atoms with van der Waals surface area (Å²) in [5.74, 6) is -1.25. The topological polar surface area (TPSA) is 73.7 Å². The van der Waals surface area contributed by atoms with Crippen LogP contribution in [-0.2, 0) is 6.54 Å². The fourth-order valence-corrected chi connectivity index (χ4v) is 6.01. The molecule has 2 aliphatic heterocycles. The summed E-state index contributed by atoms with van der Waals surface area (Å²) in [5.41, 5.74) is 3.27. The number of aliphatic imine (C=N–C) groups is 1. The largest absolute Gasteiger partial charge is 0.338 e. The van der Waals surface area contributed by atoms with E-state index in [4.69, 9.17) is 28.2 Å². The van der Waals surface area contributed by atoms with Crippen molar-refractivity contribution < 1.29 is 13.6 Å². The second-order valence-electron chi connectivity index (χ2n) is 10.8. The number of halogens is 4. The van der Waals surface area contributed by atoms with E-state index in [1.807, 2.05) is 4.90 Å². The third-order valence-electron chi connectivity index (χ3n) is 7.90. The van der Waals surface area contributed by atoms with Gasteiger partial charge in [-0.15, -0.1) is 0 Å². The maximum absolute atomic E-state index is 14.8. The maximum Gasteiger partial charge on any atom is 0.255 e. The van der Waals surface area contributed by atoms with Crippen molar-refractivity contribution in [2.24, 2.45) is 4.99 Å². The SMILES string of the molecule is C.CN(C)C1CCN(C(=O)c2ccc(Nc3ncc4c(n3)-c3ccc(Cl)cc3C(c3c(F)cccc3F)=NC4)cc2Cl)CC1. The highest BCUT2D eigenvalue weighted by Gasteiger charge is 2.27. The number of amides is 1. The summed E-state index contributed by atoms with van der Waals surface area (Å²) in [6.45, 7) is 1.48. The number of nitrogens with one attached hydrogen (secondary N) is 1. The van der Waals surface area contributed by atoms with Crippen LogP contribution >= 0.6 is 23.2 Å². The number of aromatic nitrogens is 2. The highest BCUT2D eigenvalue weighted by atomic mass is 35.5. The van der Waals surface area contributed by atoms with Gasteiger partial charge in [-0.25, -0.2) is 18.7 Å². The third-order valence-corrected chi connectivity index (χ3v) is 8.45. The first kappa shape index (κ1) is 31.5. The number of nitrogens with zero attached hydrogens (tertiary/aromatic N) is 5. The monoisotopic (exact) mass is 636 g/mol. The molecule has 0 unspecified atom stereocenters. The van der Waals surface area contributed by atoms with Crippen molar-refractivity contribution >= 4 is 46.5 Å². The molecule has 0 spiro atoms. The molecular weight excluding hydrogens is 605 g/mol. The van der Waals surface area contributed by atoms with Gasteiger partial charge in [0.25, 0.3) is 5.91 Å². The molecule has 3 heterocycles. The summed E-state index contributed by atoms with van der Waals surface area (Å²) in [7, 11) is 4.12. The van der Waals surface area contributed by atoms with Crippen LogP contribution in [0.25, 0.3) is 11.3 Å². The lowest BCUT2D eigenvalue weighted by Gasteiger charge is -2.35. The van der Waals surface area contributed by atoms with Gasteiger partial charge in [0, 0.05) is 52.7 Å². The second-order valence-corrected chi connectivity index (χ2v) is 11.7. The van der Waals surface area contributed by atoms with Crippen LogP contribution < -0.4 is 5.32 Å². The van der Waals surface area contributed by atoms with E-state index in [9.17, 15) is 13.6 Å². The van der Waals surface area contributed by atoms with Gasteiger partial charge in [0.1, 0.15) is 11.6 Å². The Morgan fingerprint density at radius 2 is 1.73 bits per heavy atom. The molecule has 0 saturated carbocycles. The van der Waals surface area contributed by atoms with Crippen LogP contribution in [0.15, 0.2) is 65.8 Å². The molecule has 11 heteroatoms. The molecule has 1 N–H and O–H groups in total. The first-order valence-electron chi connectivity index (χ1n) is 13.9. The van der Waals surface area contributed by atoms with E-state index in [0.717, 1.165) is 12.8 Å². The van der Waals surface area contributed by atoms with Crippen LogP contribution in [0.1, 0.15) is 47.3 Å². The zero-order valence-electron chi connectivity index (χ0n) is 23.5. The molecule has 0 aliphatic carbocycles. The molecule has 228 valence electrons. The van der Waals surface area contributed by atoms with Gasteiger partial charge in [-0.3, -0.25) is 9.79 Å². The first-order chi connectivity index (χ1) is 20.7. The van der Waals surface area contributed by atoms with Crippen LogP contribution in [-0.4, -0.2) is 64.6 Å². The Labute approximate surface area is 265 Å². The fraction of sp³-hybridized carbons (Fsp3) is 0.273. The molecule has 1 saturated heterocycles. The van der Waals surface area contributed by atoms with E-state index in [1.165, 1.54) is 18.2 Å². The lowest BCUT2D eigenvalue weighted by molar-refractivity contribution is 0.0663. The zero-order valence-corrected chi connectivity index (χ0v) is 25.1. The van der Waals surface area contributed by atoms with Gasteiger partial charge in [-0.05, 0) is 69.4 Å². The molecule has 0 bridgehead atoms. The summed E-state index contributed by atoms with van der Waals surface area (Å²) in [6.07, 6.45) is 3.47. The van der Waals surface area contributed by atoms with Crippen LogP contribution in [0.5, 0.6) is 0 Å². The van der Waals surface area contributed by atoms with Crippen LogP contribution in [0, 0.1) is 11.6 Å². The quantitative estimate of drug-likeness (QED) is 0.244. The lowest BCUT2D eigenvalue weighted by atomic mass is 9.95. The fourth-order valence-electron chi connectivity index (χ4n) is 5.57. The van der Waals surface area contributed by atoms with Crippen LogP contribution in [0.4, 0.5) is 20.4 Å². The summed E-state index contributed by atoms with van der Waals surface area (Å²) in [5, 5.41) is 3.88. The number of piperidine rings is 1.